The minimum Gasteiger partial charge on any atom is -0.334 e. The van der Waals surface area contributed by atoms with Gasteiger partial charge in [-0.3, -0.25) is 4.79 Å². The molecule has 3 saturated heterocycles. The zero-order valence-electron chi connectivity index (χ0n) is 12.0. The number of fused-ring (bicyclic) bond motifs is 1. The fourth-order valence-electron chi connectivity index (χ4n) is 3.85. The highest BCUT2D eigenvalue weighted by Crippen LogP contribution is 2.32. The lowest BCUT2D eigenvalue weighted by atomic mass is 9.96. The summed E-state index contributed by atoms with van der Waals surface area (Å²) in [4.78, 5) is 30.5. The number of nitrogens with zero attached hydrogens (tertiary/aromatic N) is 3. The van der Waals surface area contributed by atoms with Gasteiger partial charge in [-0.1, -0.05) is 6.08 Å². The summed E-state index contributed by atoms with van der Waals surface area (Å²) >= 11 is 0. The Kier molecular flexibility index (Phi) is 3.68. The predicted molar refractivity (Wildman–Crippen MR) is 76.2 cm³/mol. The largest absolute Gasteiger partial charge is 0.334 e. The molecule has 0 aromatic carbocycles. The molecule has 0 aliphatic carbocycles. The van der Waals surface area contributed by atoms with E-state index in [2.05, 4.69) is 6.58 Å². The molecule has 2 atom stereocenters. The monoisotopic (exact) mass is 277 g/mol. The molecule has 3 amide bonds. The fourth-order valence-corrected chi connectivity index (χ4v) is 3.85. The Morgan fingerprint density at radius 3 is 2.65 bits per heavy atom. The maximum absolute atomic E-state index is 12.6. The van der Waals surface area contributed by atoms with E-state index < -0.39 is 0 Å². The van der Waals surface area contributed by atoms with Crippen LogP contribution in [0.2, 0.25) is 0 Å². The van der Waals surface area contributed by atoms with Gasteiger partial charge in [0, 0.05) is 32.6 Å². The van der Waals surface area contributed by atoms with Crippen LogP contribution < -0.4 is 0 Å². The van der Waals surface area contributed by atoms with Crippen molar-refractivity contribution in [1.82, 2.24) is 14.7 Å². The van der Waals surface area contributed by atoms with Crippen LogP contribution in [0.25, 0.3) is 0 Å². The normalized spacial score (nSPS) is 29.8. The van der Waals surface area contributed by atoms with Crippen LogP contribution in [-0.2, 0) is 4.79 Å². The molecule has 3 aliphatic rings. The minimum atomic E-state index is 0.183. The molecular weight excluding hydrogens is 254 g/mol. The topological polar surface area (TPSA) is 43.9 Å². The molecular formula is C15H23N3O2. The summed E-state index contributed by atoms with van der Waals surface area (Å²) in [5.74, 6) is 0.210. The van der Waals surface area contributed by atoms with Crippen LogP contribution in [0.4, 0.5) is 4.79 Å². The summed E-state index contributed by atoms with van der Waals surface area (Å²) in [6.45, 7) is 6.91. The second-order valence-corrected chi connectivity index (χ2v) is 5.97. The van der Waals surface area contributed by atoms with Gasteiger partial charge in [0.2, 0.25) is 5.91 Å². The lowest BCUT2D eigenvalue weighted by molar-refractivity contribution is -0.136. The van der Waals surface area contributed by atoms with Gasteiger partial charge in [-0.25, -0.2) is 4.79 Å². The molecule has 0 N–H and O–H groups in total. The third-order valence-corrected chi connectivity index (χ3v) is 4.83. The molecule has 20 heavy (non-hydrogen) atoms. The van der Waals surface area contributed by atoms with Gasteiger partial charge in [0.05, 0.1) is 12.1 Å². The van der Waals surface area contributed by atoms with Crippen molar-refractivity contribution in [3.05, 3.63) is 12.7 Å². The third kappa shape index (κ3) is 2.19. The first kappa shape index (κ1) is 13.5. The molecule has 0 radical (unpaired) electrons. The van der Waals surface area contributed by atoms with Crippen molar-refractivity contribution >= 4 is 11.9 Å². The molecule has 3 rings (SSSR count). The molecule has 0 spiro atoms. The van der Waals surface area contributed by atoms with E-state index in [4.69, 9.17) is 0 Å². The van der Waals surface area contributed by atoms with E-state index in [-0.39, 0.29) is 24.0 Å². The second kappa shape index (κ2) is 5.46. The smallest absolute Gasteiger partial charge is 0.320 e. The van der Waals surface area contributed by atoms with E-state index >= 15 is 0 Å². The maximum Gasteiger partial charge on any atom is 0.320 e. The van der Waals surface area contributed by atoms with E-state index in [0.717, 1.165) is 45.3 Å². The average Bonchev–Trinajstić information content (AvgIpc) is 3.10. The summed E-state index contributed by atoms with van der Waals surface area (Å²) in [7, 11) is 0. The number of carbonyl (C=O) groups is 2. The van der Waals surface area contributed by atoms with Crippen LogP contribution in [0.5, 0.6) is 0 Å². The number of hydrogen-bond donors (Lipinski definition) is 0. The molecule has 3 aliphatic heterocycles. The van der Waals surface area contributed by atoms with E-state index in [0.29, 0.717) is 13.0 Å². The highest BCUT2D eigenvalue weighted by Gasteiger charge is 2.45. The van der Waals surface area contributed by atoms with Gasteiger partial charge in [-0.15, -0.1) is 6.58 Å². The van der Waals surface area contributed by atoms with E-state index in [9.17, 15) is 9.59 Å². The van der Waals surface area contributed by atoms with Gasteiger partial charge in [-0.2, -0.15) is 0 Å². The van der Waals surface area contributed by atoms with Gasteiger partial charge in [0.1, 0.15) is 0 Å². The lowest BCUT2D eigenvalue weighted by Gasteiger charge is -2.40. The highest BCUT2D eigenvalue weighted by atomic mass is 16.2. The number of carbonyl (C=O) groups excluding carboxylic acids is 2. The Morgan fingerprint density at radius 1 is 1.20 bits per heavy atom. The first-order valence-electron chi connectivity index (χ1n) is 7.68. The second-order valence-electron chi connectivity index (χ2n) is 5.97. The zero-order chi connectivity index (χ0) is 14.1. The van der Waals surface area contributed by atoms with E-state index in [1.165, 1.54) is 0 Å². The predicted octanol–water partition coefficient (Wildman–Crippen LogP) is 1.45. The van der Waals surface area contributed by atoms with Gasteiger partial charge < -0.3 is 14.7 Å². The Morgan fingerprint density at radius 2 is 1.95 bits per heavy atom. The van der Waals surface area contributed by atoms with Crippen molar-refractivity contribution in [2.75, 3.05) is 26.2 Å². The molecule has 0 bridgehead atoms. The average molecular weight is 277 g/mol. The molecule has 0 aromatic rings. The van der Waals surface area contributed by atoms with Crippen molar-refractivity contribution < 1.29 is 9.59 Å². The van der Waals surface area contributed by atoms with Crippen LogP contribution in [0.15, 0.2) is 12.7 Å². The third-order valence-electron chi connectivity index (χ3n) is 4.83. The minimum absolute atomic E-state index is 0.183. The fraction of sp³-hybridized carbons (Fsp3) is 0.733. The maximum atomic E-state index is 12.6. The zero-order valence-corrected chi connectivity index (χ0v) is 12.0. The van der Waals surface area contributed by atoms with Gasteiger partial charge in [0.25, 0.3) is 0 Å². The quantitative estimate of drug-likeness (QED) is 0.717. The summed E-state index contributed by atoms with van der Waals surface area (Å²) < 4.78 is 0. The molecule has 0 unspecified atom stereocenters. The lowest BCUT2D eigenvalue weighted by Crippen LogP contribution is -2.54. The molecule has 5 nitrogen and oxygen atoms in total. The number of piperidine rings is 1. The molecule has 0 aromatic heterocycles. The number of rotatable bonds is 2. The number of urea groups is 1. The molecule has 110 valence electrons. The SMILES string of the molecule is C=CCN1C(=O)CC[C@@H]2[C@H]1CCN2C(=O)N1CCCC1. The van der Waals surface area contributed by atoms with Gasteiger partial charge >= 0.3 is 6.03 Å². The molecule has 5 heteroatoms. The Hall–Kier alpha value is -1.52. The first-order chi connectivity index (χ1) is 9.72. The standard InChI is InChI=1S/C15H23N3O2/c1-2-8-17-13-7-11-18(12(13)5-6-14(17)19)15(20)16-9-3-4-10-16/h2,12-13H,1,3-11H2/t12-,13-/m1/s1. The van der Waals surface area contributed by atoms with Crippen molar-refractivity contribution in [3.8, 4) is 0 Å². The Balaban J connectivity index is 1.72. The number of likely N-dealkylation sites (tertiary alicyclic amines) is 3. The molecule has 3 fully saturated rings. The van der Waals surface area contributed by atoms with Crippen molar-refractivity contribution in [2.45, 2.75) is 44.2 Å². The summed E-state index contributed by atoms with van der Waals surface area (Å²) in [6.07, 6.45) is 6.30. The number of amides is 3. The molecule has 0 saturated carbocycles. The van der Waals surface area contributed by atoms with Crippen molar-refractivity contribution in [3.63, 3.8) is 0 Å². The van der Waals surface area contributed by atoms with Crippen LogP contribution in [0.3, 0.4) is 0 Å². The van der Waals surface area contributed by atoms with Crippen LogP contribution in [0, 0.1) is 0 Å². The molecule has 3 heterocycles. The summed E-state index contributed by atoms with van der Waals surface area (Å²) in [5.41, 5.74) is 0. The van der Waals surface area contributed by atoms with Crippen molar-refractivity contribution in [1.29, 1.82) is 0 Å². The van der Waals surface area contributed by atoms with E-state index in [1.807, 2.05) is 14.7 Å². The Labute approximate surface area is 120 Å². The van der Waals surface area contributed by atoms with Gasteiger partial charge in [0.15, 0.2) is 0 Å². The summed E-state index contributed by atoms with van der Waals surface area (Å²) in [6, 6.07) is 0.587. The highest BCUT2D eigenvalue weighted by molar-refractivity contribution is 5.80. The van der Waals surface area contributed by atoms with Crippen LogP contribution in [-0.4, -0.2) is 64.9 Å². The van der Waals surface area contributed by atoms with Crippen LogP contribution in [0.1, 0.15) is 32.1 Å². The first-order valence-corrected chi connectivity index (χ1v) is 7.68. The van der Waals surface area contributed by atoms with Crippen LogP contribution >= 0.6 is 0 Å². The number of hydrogen-bond acceptors (Lipinski definition) is 2. The van der Waals surface area contributed by atoms with Crippen molar-refractivity contribution in [2.24, 2.45) is 0 Å². The Bertz CT molecular complexity index is 417. The van der Waals surface area contributed by atoms with E-state index in [1.54, 1.807) is 6.08 Å². The van der Waals surface area contributed by atoms with Gasteiger partial charge in [-0.05, 0) is 25.7 Å². The summed E-state index contributed by atoms with van der Waals surface area (Å²) in [5, 5.41) is 0.